The lowest BCUT2D eigenvalue weighted by Gasteiger charge is -2.33. The zero-order chi connectivity index (χ0) is 26.5. The third-order valence-corrected chi connectivity index (χ3v) is 8.42. The van der Waals surface area contributed by atoms with Crippen molar-refractivity contribution in [1.29, 1.82) is 0 Å². The first kappa shape index (κ1) is 26.0. The quantitative estimate of drug-likeness (QED) is 0.428. The Kier molecular flexibility index (Phi) is 8.12. The van der Waals surface area contributed by atoms with Crippen molar-refractivity contribution in [3.8, 4) is 0 Å². The van der Waals surface area contributed by atoms with E-state index in [2.05, 4.69) is 80.1 Å². The number of primary amides is 1. The Morgan fingerprint density at radius 3 is 2.34 bits per heavy atom. The average Bonchev–Trinajstić information content (AvgIpc) is 3.71. The van der Waals surface area contributed by atoms with E-state index in [9.17, 15) is 9.59 Å². The number of H-pyrrole nitrogens is 1. The van der Waals surface area contributed by atoms with Crippen LogP contribution in [0.5, 0.6) is 0 Å². The summed E-state index contributed by atoms with van der Waals surface area (Å²) in [6, 6.07) is 21.2. The third kappa shape index (κ3) is 5.93. The van der Waals surface area contributed by atoms with Gasteiger partial charge in [-0.3, -0.25) is 9.59 Å². The van der Waals surface area contributed by atoms with Crippen molar-refractivity contribution in [3.63, 3.8) is 0 Å². The van der Waals surface area contributed by atoms with Gasteiger partial charge in [0.1, 0.15) is 0 Å². The van der Waals surface area contributed by atoms with Crippen LogP contribution in [0.15, 0.2) is 60.7 Å². The number of nitrogens with two attached hydrogens (primary N) is 1. The monoisotopic (exact) mass is 515 g/mol. The molecule has 2 unspecified atom stereocenters. The molecule has 2 aliphatic heterocycles. The molecule has 2 fully saturated rings. The van der Waals surface area contributed by atoms with Gasteiger partial charge in [-0.25, -0.2) is 0 Å². The minimum absolute atomic E-state index is 0.00188. The Bertz CT molecular complexity index is 1190. The molecule has 5 rings (SSSR count). The van der Waals surface area contributed by atoms with Gasteiger partial charge in [-0.15, -0.1) is 10.2 Å². The van der Waals surface area contributed by atoms with E-state index >= 15 is 0 Å². The van der Waals surface area contributed by atoms with Gasteiger partial charge in [0.15, 0.2) is 5.82 Å². The van der Waals surface area contributed by atoms with E-state index < -0.39 is 17.7 Å². The van der Waals surface area contributed by atoms with Crippen LogP contribution in [0.1, 0.15) is 55.0 Å². The third-order valence-electron chi connectivity index (χ3n) is 8.42. The molecule has 5 atom stereocenters. The highest BCUT2D eigenvalue weighted by molar-refractivity contribution is 5.87. The number of tetrazole rings is 1. The molecule has 2 amide bonds. The number of benzene rings is 2. The summed E-state index contributed by atoms with van der Waals surface area (Å²) in [4.78, 5) is 30.9. The SMILES string of the molecule is CC(C(N)=O)[C@H](CCc1nn[nH]n1)C(=O)N1C[C@@H](c2ccccc2)C[C@H]1CN1CCC(c2ccccc2)C1. The predicted octanol–water partition coefficient (Wildman–Crippen LogP) is 2.74. The number of rotatable bonds is 10. The van der Waals surface area contributed by atoms with Crippen molar-refractivity contribution in [2.45, 2.75) is 50.5 Å². The molecule has 0 saturated carbocycles. The molecule has 9 heteroatoms. The molecule has 0 aliphatic carbocycles. The molecule has 0 radical (unpaired) electrons. The number of aromatic nitrogens is 4. The Hall–Kier alpha value is -3.59. The van der Waals surface area contributed by atoms with E-state index in [1.807, 2.05) is 11.0 Å². The maximum Gasteiger partial charge on any atom is 0.226 e. The minimum atomic E-state index is -0.583. The Morgan fingerprint density at radius 2 is 1.71 bits per heavy atom. The lowest BCUT2D eigenvalue weighted by molar-refractivity contribution is -0.142. The molecule has 200 valence electrons. The van der Waals surface area contributed by atoms with E-state index in [1.54, 1.807) is 6.92 Å². The summed E-state index contributed by atoms with van der Waals surface area (Å²) in [6.45, 7) is 5.25. The molecule has 9 nitrogen and oxygen atoms in total. The molecule has 2 aliphatic rings. The summed E-state index contributed by atoms with van der Waals surface area (Å²) in [6.07, 6.45) is 2.93. The maximum absolute atomic E-state index is 14.1. The molecular weight excluding hydrogens is 478 g/mol. The van der Waals surface area contributed by atoms with Crippen molar-refractivity contribution < 1.29 is 9.59 Å². The number of aromatic amines is 1. The van der Waals surface area contributed by atoms with Crippen molar-refractivity contribution in [2.75, 3.05) is 26.2 Å². The van der Waals surface area contributed by atoms with Gasteiger partial charge in [0, 0.05) is 49.9 Å². The lowest BCUT2D eigenvalue weighted by Crippen LogP contribution is -2.47. The van der Waals surface area contributed by atoms with Crippen LogP contribution in [0.2, 0.25) is 0 Å². The Labute approximate surface area is 223 Å². The molecule has 38 heavy (non-hydrogen) atoms. The van der Waals surface area contributed by atoms with Gasteiger partial charge in [0.2, 0.25) is 11.8 Å². The highest BCUT2D eigenvalue weighted by Crippen LogP contribution is 2.36. The van der Waals surface area contributed by atoms with Crippen LogP contribution < -0.4 is 5.73 Å². The van der Waals surface area contributed by atoms with Gasteiger partial charge in [-0.1, -0.05) is 72.8 Å². The number of nitrogens with zero attached hydrogens (tertiary/aromatic N) is 5. The van der Waals surface area contributed by atoms with Crippen molar-refractivity contribution in [3.05, 3.63) is 77.6 Å². The van der Waals surface area contributed by atoms with E-state index in [0.29, 0.717) is 31.1 Å². The second-order valence-corrected chi connectivity index (χ2v) is 10.8. The number of hydrogen-bond acceptors (Lipinski definition) is 6. The van der Waals surface area contributed by atoms with E-state index in [4.69, 9.17) is 5.73 Å². The number of nitrogens with one attached hydrogen (secondary N) is 1. The van der Waals surface area contributed by atoms with Gasteiger partial charge < -0.3 is 15.5 Å². The zero-order valence-corrected chi connectivity index (χ0v) is 21.9. The van der Waals surface area contributed by atoms with Gasteiger partial charge >= 0.3 is 0 Å². The van der Waals surface area contributed by atoms with Gasteiger partial charge in [-0.05, 0) is 42.9 Å². The molecule has 0 bridgehead atoms. The number of amides is 2. The topological polar surface area (TPSA) is 121 Å². The van der Waals surface area contributed by atoms with Crippen molar-refractivity contribution in [1.82, 2.24) is 30.4 Å². The maximum atomic E-state index is 14.1. The normalized spacial score (nSPS) is 23.4. The molecule has 0 spiro atoms. The summed E-state index contributed by atoms with van der Waals surface area (Å²) in [5, 5.41) is 14.1. The summed E-state index contributed by atoms with van der Waals surface area (Å²) in [5.74, 6) is -0.259. The molecule has 1 aromatic heterocycles. The number of likely N-dealkylation sites (tertiary alicyclic amines) is 2. The average molecular weight is 516 g/mol. The molecule has 3 N–H and O–H groups in total. The van der Waals surface area contributed by atoms with Crippen LogP contribution in [-0.2, 0) is 16.0 Å². The number of aryl methyl sites for hydroxylation is 1. The zero-order valence-electron chi connectivity index (χ0n) is 21.9. The lowest BCUT2D eigenvalue weighted by atomic mass is 9.87. The second-order valence-electron chi connectivity index (χ2n) is 10.8. The minimum Gasteiger partial charge on any atom is -0.369 e. The van der Waals surface area contributed by atoms with Crippen LogP contribution in [0.25, 0.3) is 0 Å². The fourth-order valence-corrected chi connectivity index (χ4v) is 6.19. The van der Waals surface area contributed by atoms with Gasteiger partial charge in [0.25, 0.3) is 0 Å². The van der Waals surface area contributed by atoms with E-state index in [1.165, 1.54) is 11.1 Å². The van der Waals surface area contributed by atoms with Crippen LogP contribution in [-0.4, -0.2) is 74.5 Å². The molecule has 2 aromatic carbocycles. The Morgan fingerprint density at radius 1 is 1.03 bits per heavy atom. The standard InChI is InChI=1S/C29H37N7O2/c1-20(28(30)37)26(12-13-27-31-33-34-32-27)29(38)36-18-24(22-10-6-3-7-11-22)16-25(36)19-35-15-14-23(17-35)21-8-4-2-5-9-21/h2-11,20,23-26H,12-19H2,1H3,(H2,30,37)(H,31,32,33,34)/t20?,23?,24-,25-,26-/m0/s1. The van der Waals surface area contributed by atoms with E-state index in [-0.39, 0.29) is 17.9 Å². The predicted molar refractivity (Wildman–Crippen MR) is 144 cm³/mol. The van der Waals surface area contributed by atoms with E-state index in [0.717, 1.165) is 32.5 Å². The first-order chi connectivity index (χ1) is 18.5. The van der Waals surface area contributed by atoms with Crippen molar-refractivity contribution in [2.24, 2.45) is 17.6 Å². The second kappa shape index (κ2) is 11.9. The summed E-state index contributed by atoms with van der Waals surface area (Å²) < 4.78 is 0. The highest BCUT2D eigenvalue weighted by atomic mass is 16.2. The summed E-state index contributed by atoms with van der Waals surface area (Å²) in [5.41, 5.74) is 8.35. The number of carbonyl (C=O) groups excluding carboxylic acids is 2. The van der Waals surface area contributed by atoms with Gasteiger partial charge in [0.05, 0.1) is 0 Å². The molecule has 3 heterocycles. The summed E-state index contributed by atoms with van der Waals surface area (Å²) in [7, 11) is 0. The fourth-order valence-electron chi connectivity index (χ4n) is 6.19. The van der Waals surface area contributed by atoms with Crippen molar-refractivity contribution >= 4 is 11.8 Å². The first-order valence-corrected chi connectivity index (χ1v) is 13.6. The molecular formula is C29H37N7O2. The van der Waals surface area contributed by atoms with Gasteiger partial charge in [-0.2, -0.15) is 5.21 Å². The largest absolute Gasteiger partial charge is 0.369 e. The van der Waals surface area contributed by atoms with Crippen LogP contribution in [0, 0.1) is 11.8 Å². The smallest absolute Gasteiger partial charge is 0.226 e. The van der Waals surface area contributed by atoms with Crippen LogP contribution in [0.4, 0.5) is 0 Å². The molecule has 3 aromatic rings. The van der Waals surface area contributed by atoms with Crippen LogP contribution >= 0.6 is 0 Å². The fraction of sp³-hybridized carbons (Fsp3) is 0.483. The summed E-state index contributed by atoms with van der Waals surface area (Å²) >= 11 is 0. The molecule has 2 saturated heterocycles. The Balaban J connectivity index is 1.34. The van der Waals surface area contributed by atoms with Crippen LogP contribution in [0.3, 0.4) is 0 Å². The number of carbonyl (C=O) groups is 2. The number of hydrogen-bond donors (Lipinski definition) is 2. The first-order valence-electron chi connectivity index (χ1n) is 13.6. The highest BCUT2D eigenvalue weighted by Gasteiger charge is 2.42.